The maximum absolute atomic E-state index is 13.2. The molecule has 4 rings (SSSR count). The molecule has 1 aliphatic rings. The van der Waals surface area contributed by atoms with Crippen LogP contribution in [0.5, 0.6) is 11.5 Å². The van der Waals surface area contributed by atoms with Crippen molar-refractivity contribution in [3.63, 3.8) is 0 Å². The summed E-state index contributed by atoms with van der Waals surface area (Å²) >= 11 is 1.16. The molecule has 1 amide bonds. The molecule has 0 saturated carbocycles. The van der Waals surface area contributed by atoms with Gasteiger partial charge in [-0.3, -0.25) is 14.5 Å². The lowest BCUT2D eigenvalue weighted by Crippen LogP contribution is -2.29. The van der Waals surface area contributed by atoms with Crippen LogP contribution >= 0.6 is 11.3 Å². The Morgan fingerprint density at radius 3 is 2.50 bits per heavy atom. The van der Waals surface area contributed by atoms with E-state index >= 15 is 0 Å². The number of hydrogen-bond acceptors (Lipinski definition) is 8. The predicted molar refractivity (Wildman–Crippen MR) is 120 cm³/mol. The molecule has 0 aliphatic carbocycles. The number of nitrogens with zero attached hydrogens (tertiary/aromatic N) is 3. The highest BCUT2D eigenvalue weighted by Gasteiger charge is 2.48. The molecule has 3 aromatic rings. The SMILES string of the molecule is COc1cc(C2/C(=C(\O)c3cc(C)ccc3C)C(=O)C(=O)N2c2nnc(C)s2)ccc1O. The molecule has 1 fully saturated rings. The zero-order valence-corrected chi connectivity index (χ0v) is 18.7. The molecule has 9 heteroatoms. The average molecular weight is 452 g/mol. The number of aromatic hydroxyl groups is 1. The lowest BCUT2D eigenvalue weighted by atomic mass is 9.93. The molecule has 1 unspecified atom stereocenters. The van der Waals surface area contributed by atoms with E-state index in [0.717, 1.165) is 22.5 Å². The number of aromatic nitrogens is 2. The van der Waals surface area contributed by atoms with E-state index in [-0.39, 0.29) is 28.0 Å². The van der Waals surface area contributed by atoms with Crippen LogP contribution in [0, 0.1) is 20.8 Å². The summed E-state index contributed by atoms with van der Waals surface area (Å²) < 4.78 is 5.22. The van der Waals surface area contributed by atoms with Crippen molar-refractivity contribution in [3.8, 4) is 11.5 Å². The third-order valence-electron chi connectivity index (χ3n) is 5.33. The van der Waals surface area contributed by atoms with Crippen molar-refractivity contribution in [2.75, 3.05) is 12.0 Å². The van der Waals surface area contributed by atoms with E-state index in [9.17, 15) is 19.8 Å². The minimum atomic E-state index is -0.975. The second-order valence-corrected chi connectivity index (χ2v) is 8.68. The van der Waals surface area contributed by atoms with E-state index in [1.807, 2.05) is 26.0 Å². The number of ether oxygens (including phenoxy) is 1. The Hall–Kier alpha value is -3.72. The van der Waals surface area contributed by atoms with Gasteiger partial charge in [-0.05, 0) is 50.1 Å². The zero-order valence-electron chi connectivity index (χ0n) is 17.9. The van der Waals surface area contributed by atoms with Crippen LogP contribution in [0.15, 0.2) is 42.0 Å². The first-order chi connectivity index (χ1) is 15.2. The number of benzene rings is 2. The third-order valence-corrected chi connectivity index (χ3v) is 6.17. The number of Topliss-reactive ketones (excluding diaryl/α,β-unsaturated/α-hetero) is 1. The van der Waals surface area contributed by atoms with Crippen molar-refractivity contribution in [1.82, 2.24) is 10.2 Å². The summed E-state index contributed by atoms with van der Waals surface area (Å²) in [7, 11) is 1.40. The van der Waals surface area contributed by atoms with Crippen molar-refractivity contribution in [1.29, 1.82) is 0 Å². The van der Waals surface area contributed by atoms with Gasteiger partial charge in [-0.25, -0.2) is 0 Å². The zero-order chi connectivity index (χ0) is 23.2. The maximum Gasteiger partial charge on any atom is 0.301 e. The van der Waals surface area contributed by atoms with E-state index < -0.39 is 17.7 Å². The molecule has 8 nitrogen and oxygen atoms in total. The molecule has 2 heterocycles. The van der Waals surface area contributed by atoms with E-state index in [4.69, 9.17) is 4.74 Å². The summed E-state index contributed by atoms with van der Waals surface area (Å²) in [6, 6.07) is 9.05. The number of phenols is 1. The van der Waals surface area contributed by atoms with Gasteiger partial charge < -0.3 is 14.9 Å². The van der Waals surface area contributed by atoms with Crippen molar-refractivity contribution < 1.29 is 24.5 Å². The molecule has 1 atom stereocenters. The lowest BCUT2D eigenvalue weighted by molar-refractivity contribution is -0.132. The standard InChI is InChI=1S/C23H21N3O5S/c1-11-5-6-12(2)15(9-11)20(28)18-19(14-7-8-16(27)17(10-14)31-4)26(22(30)21(18)29)23-25-24-13(3)32-23/h5-10,19,27-28H,1-4H3/b20-18+. The van der Waals surface area contributed by atoms with Crippen LogP contribution < -0.4 is 9.64 Å². The number of methoxy groups -OCH3 is 1. The minimum absolute atomic E-state index is 0.0655. The Morgan fingerprint density at radius 2 is 1.84 bits per heavy atom. The topological polar surface area (TPSA) is 113 Å². The fourth-order valence-electron chi connectivity index (χ4n) is 3.73. The van der Waals surface area contributed by atoms with Gasteiger partial charge in [0.1, 0.15) is 10.8 Å². The van der Waals surface area contributed by atoms with Crippen LogP contribution in [0.4, 0.5) is 5.13 Å². The number of amides is 1. The van der Waals surface area contributed by atoms with Crippen LogP contribution in [0.2, 0.25) is 0 Å². The summed E-state index contributed by atoms with van der Waals surface area (Å²) in [5.41, 5.74) is 2.53. The van der Waals surface area contributed by atoms with Gasteiger partial charge in [0.15, 0.2) is 11.5 Å². The first kappa shape index (κ1) is 21.5. The molecule has 1 saturated heterocycles. The Bertz CT molecular complexity index is 1280. The number of carbonyl (C=O) groups excluding carboxylic acids is 2. The highest BCUT2D eigenvalue weighted by Crippen LogP contribution is 2.44. The van der Waals surface area contributed by atoms with Crippen LogP contribution in [0.1, 0.15) is 33.3 Å². The fraction of sp³-hybridized carbons (Fsp3) is 0.217. The Labute approximate surface area is 188 Å². The lowest BCUT2D eigenvalue weighted by Gasteiger charge is -2.23. The van der Waals surface area contributed by atoms with Crippen LogP contribution in [0.3, 0.4) is 0 Å². The summed E-state index contributed by atoms with van der Waals surface area (Å²) in [5.74, 6) is -1.83. The van der Waals surface area contributed by atoms with Gasteiger partial charge in [-0.2, -0.15) is 0 Å². The molecule has 32 heavy (non-hydrogen) atoms. The summed E-state index contributed by atoms with van der Waals surface area (Å²) in [5, 5.41) is 30.2. The molecule has 164 valence electrons. The second-order valence-electron chi connectivity index (χ2n) is 7.52. The van der Waals surface area contributed by atoms with E-state index in [0.29, 0.717) is 16.1 Å². The third kappa shape index (κ3) is 3.50. The normalized spacial score (nSPS) is 17.8. The van der Waals surface area contributed by atoms with E-state index in [1.165, 1.54) is 24.1 Å². The van der Waals surface area contributed by atoms with Gasteiger partial charge in [-0.15, -0.1) is 10.2 Å². The Morgan fingerprint density at radius 1 is 1.09 bits per heavy atom. The fourth-order valence-corrected chi connectivity index (χ4v) is 4.44. The van der Waals surface area contributed by atoms with Crippen molar-refractivity contribution >= 4 is 33.9 Å². The maximum atomic E-state index is 13.2. The number of aliphatic hydroxyl groups is 1. The van der Waals surface area contributed by atoms with Gasteiger partial charge in [0.05, 0.1) is 18.7 Å². The monoisotopic (exact) mass is 451 g/mol. The van der Waals surface area contributed by atoms with E-state index in [1.54, 1.807) is 19.1 Å². The first-order valence-corrected chi connectivity index (χ1v) is 10.6. The largest absolute Gasteiger partial charge is 0.507 e. The molecule has 0 bridgehead atoms. The molecule has 1 aliphatic heterocycles. The molecular formula is C23H21N3O5S. The number of hydrogen-bond donors (Lipinski definition) is 2. The van der Waals surface area contributed by atoms with E-state index in [2.05, 4.69) is 10.2 Å². The van der Waals surface area contributed by atoms with Gasteiger partial charge >= 0.3 is 5.91 Å². The molecule has 2 aromatic carbocycles. The molecule has 1 aromatic heterocycles. The molecular weight excluding hydrogens is 430 g/mol. The van der Waals surface area contributed by atoms with Crippen LogP contribution in [-0.2, 0) is 9.59 Å². The molecule has 0 spiro atoms. The number of aliphatic hydroxyl groups excluding tert-OH is 1. The number of rotatable bonds is 4. The van der Waals surface area contributed by atoms with Crippen molar-refractivity contribution in [2.45, 2.75) is 26.8 Å². The van der Waals surface area contributed by atoms with Crippen molar-refractivity contribution in [3.05, 3.63) is 69.2 Å². The Kier molecular flexibility index (Phi) is 5.43. The highest BCUT2D eigenvalue weighted by atomic mass is 32.1. The number of anilines is 1. The van der Waals surface area contributed by atoms with Gasteiger partial charge in [0, 0.05) is 5.56 Å². The number of phenolic OH excluding ortho intramolecular Hbond substituents is 1. The number of carbonyl (C=O) groups is 2. The Balaban J connectivity index is 2.00. The number of aryl methyl sites for hydroxylation is 3. The predicted octanol–water partition coefficient (Wildman–Crippen LogP) is 3.80. The summed E-state index contributed by atoms with van der Waals surface area (Å²) in [6.45, 7) is 5.44. The van der Waals surface area contributed by atoms with Gasteiger partial charge in [0.25, 0.3) is 5.78 Å². The van der Waals surface area contributed by atoms with Gasteiger partial charge in [-0.1, -0.05) is 35.1 Å². The quantitative estimate of drug-likeness (QED) is 0.352. The van der Waals surface area contributed by atoms with Crippen LogP contribution in [0.25, 0.3) is 5.76 Å². The smallest absolute Gasteiger partial charge is 0.301 e. The average Bonchev–Trinajstić information content (AvgIpc) is 3.30. The summed E-state index contributed by atoms with van der Waals surface area (Å²) in [4.78, 5) is 27.5. The minimum Gasteiger partial charge on any atom is -0.507 e. The van der Waals surface area contributed by atoms with Gasteiger partial charge in [0.2, 0.25) is 5.13 Å². The molecule has 0 radical (unpaired) electrons. The van der Waals surface area contributed by atoms with Crippen molar-refractivity contribution in [2.24, 2.45) is 0 Å². The molecule has 2 N–H and O–H groups in total. The number of ketones is 1. The highest BCUT2D eigenvalue weighted by molar-refractivity contribution is 7.15. The second kappa shape index (κ2) is 8.08. The summed E-state index contributed by atoms with van der Waals surface area (Å²) in [6.07, 6.45) is 0. The first-order valence-electron chi connectivity index (χ1n) is 9.78. The van der Waals surface area contributed by atoms with Crippen LogP contribution in [-0.4, -0.2) is 39.2 Å².